The van der Waals surface area contributed by atoms with Crippen LogP contribution in [0, 0.1) is 5.82 Å². The average molecular weight is 198 g/mol. The Morgan fingerprint density at radius 3 is 2.71 bits per heavy atom. The van der Waals surface area contributed by atoms with E-state index in [9.17, 15) is 9.18 Å². The van der Waals surface area contributed by atoms with Crippen LogP contribution in [-0.2, 0) is 0 Å². The summed E-state index contributed by atoms with van der Waals surface area (Å²) in [4.78, 5) is 10.6. The number of nitrogens with two attached hydrogens (primary N) is 2. The maximum atomic E-state index is 13.1. The molecule has 0 heterocycles. The zero-order valence-electron chi connectivity index (χ0n) is 7.40. The van der Waals surface area contributed by atoms with Gasteiger partial charge in [-0.3, -0.25) is 0 Å². The fourth-order valence-electron chi connectivity index (χ4n) is 1.09. The molecule has 5 heteroatoms. The molecule has 0 amide bonds. The second-order valence-corrected chi connectivity index (χ2v) is 2.88. The second kappa shape index (κ2) is 4.17. The Hall–Kier alpha value is -1.46. The molecule has 0 aliphatic carbocycles. The van der Waals surface area contributed by atoms with Gasteiger partial charge in [0.05, 0.1) is 5.56 Å². The fraction of sp³-hybridized carbons (Fsp3) is 0.222. The van der Waals surface area contributed by atoms with Gasteiger partial charge in [0, 0.05) is 18.2 Å². The molecule has 0 saturated carbocycles. The Morgan fingerprint density at radius 1 is 1.57 bits per heavy atom. The van der Waals surface area contributed by atoms with Crippen molar-refractivity contribution >= 4 is 5.97 Å². The number of aromatic carboxylic acids is 1. The minimum atomic E-state index is -1.12. The monoisotopic (exact) mass is 198 g/mol. The standard InChI is InChI=1S/C9H11FN2O2/c10-7-2-1-5(9(13)14)3-6(7)8(12)4-11/h1-3,8H,4,11-12H2,(H,13,14)/t8-/m0/s1. The van der Waals surface area contributed by atoms with E-state index in [0.29, 0.717) is 0 Å². The molecule has 0 unspecified atom stereocenters. The van der Waals surface area contributed by atoms with Gasteiger partial charge in [0.2, 0.25) is 0 Å². The first-order chi connectivity index (χ1) is 6.56. The van der Waals surface area contributed by atoms with Crippen LogP contribution in [0.5, 0.6) is 0 Å². The van der Waals surface area contributed by atoms with Gasteiger partial charge in [-0.05, 0) is 18.2 Å². The van der Waals surface area contributed by atoms with Crippen molar-refractivity contribution in [1.82, 2.24) is 0 Å². The predicted molar refractivity (Wildman–Crippen MR) is 49.3 cm³/mol. The van der Waals surface area contributed by atoms with Gasteiger partial charge in [0.15, 0.2) is 0 Å². The fourth-order valence-corrected chi connectivity index (χ4v) is 1.09. The van der Waals surface area contributed by atoms with E-state index in [2.05, 4.69) is 0 Å². The van der Waals surface area contributed by atoms with Crippen molar-refractivity contribution in [2.45, 2.75) is 6.04 Å². The summed E-state index contributed by atoms with van der Waals surface area (Å²) in [5, 5.41) is 8.66. The lowest BCUT2D eigenvalue weighted by atomic mass is 10.0. The number of rotatable bonds is 3. The lowest BCUT2D eigenvalue weighted by Gasteiger charge is -2.10. The first-order valence-corrected chi connectivity index (χ1v) is 4.04. The number of hydrogen-bond acceptors (Lipinski definition) is 3. The maximum Gasteiger partial charge on any atom is 0.335 e. The summed E-state index contributed by atoms with van der Waals surface area (Å²) in [6.45, 7) is 0.0694. The number of carboxylic acids is 1. The number of benzene rings is 1. The minimum absolute atomic E-state index is 0.00491. The Bertz CT molecular complexity index is 355. The topological polar surface area (TPSA) is 89.3 Å². The van der Waals surface area contributed by atoms with Crippen LogP contribution in [0.25, 0.3) is 0 Å². The Morgan fingerprint density at radius 2 is 2.21 bits per heavy atom. The van der Waals surface area contributed by atoms with Crippen molar-refractivity contribution in [2.24, 2.45) is 11.5 Å². The van der Waals surface area contributed by atoms with E-state index in [-0.39, 0.29) is 17.7 Å². The summed E-state index contributed by atoms with van der Waals surface area (Å²) < 4.78 is 13.1. The highest BCUT2D eigenvalue weighted by Gasteiger charge is 2.12. The number of hydrogen-bond donors (Lipinski definition) is 3. The van der Waals surface area contributed by atoms with E-state index in [1.165, 1.54) is 12.1 Å². The van der Waals surface area contributed by atoms with Crippen molar-refractivity contribution in [2.75, 3.05) is 6.54 Å². The van der Waals surface area contributed by atoms with Crippen LogP contribution in [-0.4, -0.2) is 17.6 Å². The molecule has 76 valence electrons. The van der Waals surface area contributed by atoms with Crippen LogP contribution in [0.4, 0.5) is 4.39 Å². The first kappa shape index (κ1) is 10.6. The molecule has 14 heavy (non-hydrogen) atoms. The highest BCUT2D eigenvalue weighted by atomic mass is 19.1. The maximum absolute atomic E-state index is 13.1. The van der Waals surface area contributed by atoms with Gasteiger partial charge in [0.1, 0.15) is 5.82 Å². The summed E-state index contributed by atoms with van der Waals surface area (Å²) in [7, 11) is 0. The minimum Gasteiger partial charge on any atom is -0.478 e. The lowest BCUT2D eigenvalue weighted by Crippen LogP contribution is -2.22. The van der Waals surface area contributed by atoms with Crippen LogP contribution in [0.15, 0.2) is 18.2 Å². The van der Waals surface area contributed by atoms with Gasteiger partial charge in [-0.25, -0.2) is 9.18 Å². The molecule has 5 N–H and O–H groups in total. The zero-order valence-corrected chi connectivity index (χ0v) is 7.40. The molecule has 1 aromatic carbocycles. The molecule has 0 radical (unpaired) electrons. The molecule has 1 aromatic rings. The van der Waals surface area contributed by atoms with Crippen molar-refractivity contribution in [3.05, 3.63) is 35.1 Å². The molecule has 1 atom stereocenters. The summed E-state index contributed by atoms with van der Waals surface area (Å²) in [5.41, 5.74) is 10.9. The first-order valence-electron chi connectivity index (χ1n) is 4.04. The third-order valence-electron chi connectivity index (χ3n) is 1.90. The zero-order chi connectivity index (χ0) is 10.7. The second-order valence-electron chi connectivity index (χ2n) is 2.88. The van der Waals surface area contributed by atoms with Gasteiger partial charge in [-0.2, -0.15) is 0 Å². The molecular formula is C9H11FN2O2. The molecule has 0 bridgehead atoms. The normalized spacial score (nSPS) is 12.5. The molecule has 0 saturated heterocycles. The third kappa shape index (κ3) is 2.07. The number of halogens is 1. The van der Waals surface area contributed by atoms with Crippen molar-refractivity contribution in [3.63, 3.8) is 0 Å². The highest BCUT2D eigenvalue weighted by Crippen LogP contribution is 2.16. The van der Waals surface area contributed by atoms with Crippen molar-refractivity contribution in [1.29, 1.82) is 0 Å². The third-order valence-corrected chi connectivity index (χ3v) is 1.90. The van der Waals surface area contributed by atoms with E-state index < -0.39 is 17.8 Å². The van der Waals surface area contributed by atoms with E-state index in [4.69, 9.17) is 16.6 Å². The molecule has 0 aliphatic heterocycles. The van der Waals surface area contributed by atoms with Crippen LogP contribution in [0.2, 0.25) is 0 Å². The molecular weight excluding hydrogens is 187 g/mol. The smallest absolute Gasteiger partial charge is 0.335 e. The van der Waals surface area contributed by atoms with Crippen LogP contribution in [0.3, 0.4) is 0 Å². The van der Waals surface area contributed by atoms with Crippen molar-refractivity contribution < 1.29 is 14.3 Å². The van der Waals surface area contributed by atoms with E-state index in [0.717, 1.165) is 6.07 Å². The van der Waals surface area contributed by atoms with Gasteiger partial charge in [0.25, 0.3) is 0 Å². The lowest BCUT2D eigenvalue weighted by molar-refractivity contribution is 0.0696. The summed E-state index contributed by atoms with van der Waals surface area (Å²) in [6, 6.07) is 2.79. The summed E-state index contributed by atoms with van der Waals surface area (Å²) in [5.74, 6) is -1.65. The highest BCUT2D eigenvalue weighted by molar-refractivity contribution is 5.87. The van der Waals surface area contributed by atoms with Crippen LogP contribution >= 0.6 is 0 Å². The van der Waals surface area contributed by atoms with Gasteiger partial charge in [-0.15, -0.1) is 0 Å². The number of carboxylic acid groups (broad SMARTS) is 1. The Labute approximate surface area is 80.3 Å². The van der Waals surface area contributed by atoms with Crippen LogP contribution < -0.4 is 11.5 Å². The van der Waals surface area contributed by atoms with Crippen molar-refractivity contribution in [3.8, 4) is 0 Å². The predicted octanol–water partition coefficient (Wildman–Crippen LogP) is 0.482. The molecule has 0 spiro atoms. The average Bonchev–Trinajstić information content (AvgIpc) is 2.17. The molecule has 0 aromatic heterocycles. The Kier molecular flexibility index (Phi) is 3.16. The van der Waals surface area contributed by atoms with E-state index in [1.807, 2.05) is 0 Å². The van der Waals surface area contributed by atoms with E-state index >= 15 is 0 Å². The summed E-state index contributed by atoms with van der Waals surface area (Å²) >= 11 is 0. The molecule has 1 rings (SSSR count). The molecule has 4 nitrogen and oxygen atoms in total. The van der Waals surface area contributed by atoms with Crippen LogP contribution in [0.1, 0.15) is 22.0 Å². The SMILES string of the molecule is NC[C@H](N)c1cc(C(=O)O)ccc1F. The quantitative estimate of drug-likeness (QED) is 0.659. The number of carbonyl (C=O) groups is 1. The van der Waals surface area contributed by atoms with E-state index in [1.54, 1.807) is 0 Å². The van der Waals surface area contributed by atoms with Gasteiger partial charge >= 0.3 is 5.97 Å². The summed E-state index contributed by atoms with van der Waals surface area (Å²) in [6.07, 6.45) is 0. The van der Waals surface area contributed by atoms with Gasteiger partial charge < -0.3 is 16.6 Å². The van der Waals surface area contributed by atoms with Gasteiger partial charge in [-0.1, -0.05) is 0 Å². The molecule has 0 aliphatic rings. The molecule has 0 fully saturated rings. The largest absolute Gasteiger partial charge is 0.478 e. The Balaban J connectivity index is 3.14.